The average Bonchev–Trinajstić information content (AvgIpc) is 3.07. The summed E-state index contributed by atoms with van der Waals surface area (Å²) in [4.78, 5) is 24.7. The van der Waals surface area contributed by atoms with Crippen LogP contribution in [0.3, 0.4) is 0 Å². The first kappa shape index (κ1) is 22.3. The van der Waals surface area contributed by atoms with Crippen molar-refractivity contribution in [1.82, 2.24) is 9.62 Å². The summed E-state index contributed by atoms with van der Waals surface area (Å²) in [6.07, 6.45) is 8.77. The van der Waals surface area contributed by atoms with Gasteiger partial charge in [0.25, 0.3) is 0 Å². The fraction of sp³-hybridized carbons (Fsp3) is 0.615. The minimum absolute atomic E-state index is 0.112. The number of carbonyl (C=O) groups is 1. The highest BCUT2D eigenvalue weighted by atomic mass is 32.2. The maximum Gasteiger partial charge on any atom is 0.336 e. The predicted molar refractivity (Wildman–Crippen MR) is 128 cm³/mol. The average molecular weight is 485 g/mol. The van der Waals surface area contributed by atoms with Crippen molar-refractivity contribution in [3.8, 4) is 0 Å². The van der Waals surface area contributed by atoms with E-state index in [4.69, 9.17) is 4.42 Å². The number of nitrogens with one attached hydrogen (secondary N) is 1. The Morgan fingerprint density at radius 3 is 2.50 bits per heavy atom. The Hall–Kier alpha value is -2.19. The standard InChI is InChI=1S/C26H32N2O5S/c29-25-6-2-19-15-22(3-5-24(19)33-25)34(31,32)28-9-7-17(8-10-28)26(30)27-23-4-1-18-11-16-12-20(18)14-21(23)13-16/h2-3,5-6,15-18,20-21,23H,1,4,7-14H2,(H,27,30). The van der Waals surface area contributed by atoms with Gasteiger partial charge in [0.1, 0.15) is 5.58 Å². The SMILES string of the molecule is O=C(NC1CCC2CC3CC2CC1C3)C1CCN(S(=O)(=O)c2ccc3oc(=O)ccc3c2)CC1. The number of fused-ring (bicyclic) bond motifs is 3. The number of hydrogen-bond acceptors (Lipinski definition) is 5. The van der Waals surface area contributed by atoms with E-state index in [1.165, 1.54) is 54.6 Å². The molecule has 0 spiro atoms. The van der Waals surface area contributed by atoms with Crippen molar-refractivity contribution in [3.05, 3.63) is 40.8 Å². The number of rotatable bonds is 4. The molecule has 8 heteroatoms. The molecule has 3 saturated carbocycles. The van der Waals surface area contributed by atoms with Gasteiger partial charge in [-0.3, -0.25) is 4.79 Å². The Morgan fingerprint density at radius 1 is 0.912 bits per heavy atom. The van der Waals surface area contributed by atoms with E-state index < -0.39 is 15.6 Å². The van der Waals surface area contributed by atoms with Crippen LogP contribution in [-0.4, -0.2) is 37.8 Å². The smallest absolute Gasteiger partial charge is 0.336 e. The van der Waals surface area contributed by atoms with Gasteiger partial charge in [-0.1, -0.05) is 0 Å². The molecule has 34 heavy (non-hydrogen) atoms. The first-order valence-corrected chi connectivity index (χ1v) is 14.2. The van der Waals surface area contributed by atoms with E-state index >= 15 is 0 Å². The number of benzene rings is 1. The van der Waals surface area contributed by atoms with Crippen molar-refractivity contribution in [2.24, 2.45) is 29.6 Å². The Morgan fingerprint density at radius 2 is 1.68 bits per heavy atom. The second-order valence-electron chi connectivity index (χ2n) is 10.9. The summed E-state index contributed by atoms with van der Waals surface area (Å²) >= 11 is 0. The first-order chi connectivity index (χ1) is 16.4. The van der Waals surface area contributed by atoms with Gasteiger partial charge in [0.15, 0.2) is 0 Å². The third-order valence-corrected chi connectivity index (χ3v) is 10.9. The van der Waals surface area contributed by atoms with Crippen LogP contribution in [0.1, 0.15) is 51.4 Å². The van der Waals surface area contributed by atoms with Gasteiger partial charge < -0.3 is 9.73 Å². The third kappa shape index (κ3) is 3.98. The van der Waals surface area contributed by atoms with Crippen LogP contribution in [0.2, 0.25) is 0 Å². The Balaban J connectivity index is 1.09. The van der Waals surface area contributed by atoms with Gasteiger partial charge >= 0.3 is 5.63 Å². The highest BCUT2D eigenvalue weighted by molar-refractivity contribution is 7.89. The highest BCUT2D eigenvalue weighted by Crippen LogP contribution is 2.53. The zero-order valence-electron chi connectivity index (χ0n) is 19.3. The molecule has 3 aliphatic carbocycles. The van der Waals surface area contributed by atoms with Gasteiger partial charge in [0, 0.05) is 36.5 Å². The maximum absolute atomic E-state index is 13.2. The summed E-state index contributed by atoms with van der Waals surface area (Å²) in [5.74, 6) is 3.22. The van der Waals surface area contributed by atoms with Crippen molar-refractivity contribution >= 4 is 26.9 Å². The maximum atomic E-state index is 13.2. The fourth-order valence-corrected chi connectivity index (χ4v) is 8.76. The van der Waals surface area contributed by atoms with E-state index in [1.54, 1.807) is 12.1 Å². The highest BCUT2D eigenvalue weighted by Gasteiger charge is 2.46. The topological polar surface area (TPSA) is 96.7 Å². The van der Waals surface area contributed by atoms with Crippen LogP contribution in [0.5, 0.6) is 0 Å². The number of nitrogens with zero attached hydrogens (tertiary/aromatic N) is 1. The van der Waals surface area contributed by atoms with E-state index in [2.05, 4.69) is 5.32 Å². The quantitative estimate of drug-likeness (QED) is 0.670. The Labute approximate surface area is 199 Å². The Kier molecular flexibility index (Phi) is 5.56. The lowest BCUT2D eigenvalue weighted by Gasteiger charge is -2.35. The van der Waals surface area contributed by atoms with Crippen molar-refractivity contribution < 1.29 is 17.6 Å². The molecule has 1 aromatic heterocycles. The van der Waals surface area contributed by atoms with Crippen molar-refractivity contribution in [3.63, 3.8) is 0 Å². The largest absolute Gasteiger partial charge is 0.423 e. The van der Waals surface area contributed by atoms with E-state index in [9.17, 15) is 18.0 Å². The van der Waals surface area contributed by atoms with E-state index in [1.807, 2.05) is 0 Å². The molecule has 1 aromatic carbocycles. The molecule has 182 valence electrons. The van der Waals surface area contributed by atoms with E-state index in [-0.39, 0.29) is 16.7 Å². The minimum atomic E-state index is -3.68. The van der Waals surface area contributed by atoms with Crippen LogP contribution >= 0.6 is 0 Å². The molecule has 4 aliphatic rings. The van der Waals surface area contributed by atoms with Crippen molar-refractivity contribution in [2.75, 3.05) is 13.1 Å². The predicted octanol–water partition coefficient (Wildman–Crippen LogP) is 3.52. The molecule has 4 fully saturated rings. The normalized spacial score (nSPS) is 32.1. The lowest BCUT2D eigenvalue weighted by Crippen LogP contribution is -2.47. The monoisotopic (exact) mass is 484 g/mol. The Bertz CT molecular complexity index is 1260. The molecule has 2 heterocycles. The summed E-state index contributed by atoms with van der Waals surface area (Å²) in [6, 6.07) is 7.70. The summed E-state index contributed by atoms with van der Waals surface area (Å²) in [5, 5.41) is 3.96. The molecular formula is C26H32N2O5S. The van der Waals surface area contributed by atoms with E-state index in [0.717, 1.165) is 24.2 Å². The van der Waals surface area contributed by atoms with Crippen LogP contribution in [0.15, 0.2) is 44.4 Å². The molecule has 2 aromatic rings. The second kappa shape index (κ2) is 8.48. The molecule has 6 rings (SSSR count). The van der Waals surface area contributed by atoms with Crippen LogP contribution in [-0.2, 0) is 14.8 Å². The lowest BCUT2D eigenvalue weighted by atomic mass is 9.77. The third-order valence-electron chi connectivity index (χ3n) is 8.98. The fourth-order valence-electron chi connectivity index (χ4n) is 7.25. The molecule has 1 aliphatic heterocycles. The molecular weight excluding hydrogens is 452 g/mol. The van der Waals surface area contributed by atoms with Gasteiger partial charge in [-0.2, -0.15) is 4.31 Å². The van der Waals surface area contributed by atoms with Crippen LogP contribution in [0, 0.1) is 29.6 Å². The van der Waals surface area contributed by atoms with Crippen LogP contribution in [0.25, 0.3) is 11.0 Å². The van der Waals surface area contributed by atoms with Crippen molar-refractivity contribution in [2.45, 2.75) is 62.3 Å². The van der Waals surface area contributed by atoms with Crippen LogP contribution in [0.4, 0.5) is 0 Å². The molecule has 1 N–H and O–H groups in total. The van der Waals surface area contributed by atoms with Gasteiger partial charge in [0.2, 0.25) is 15.9 Å². The molecule has 3 bridgehead atoms. The summed E-state index contributed by atoms with van der Waals surface area (Å²) in [5.41, 5.74) is -0.102. The van der Waals surface area contributed by atoms with Gasteiger partial charge in [-0.05, 0) is 99.3 Å². The van der Waals surface area contributed by atoms with Crippen LogP contribution < -0.4 is 10.9 Å². The number of amides is 1. The summed E-state index contributed by atoms with van der Waals surface area (Å²) in [7, 11) is -3.68. The minimum Gasteiger partial charge on any atom is -0.423 e. The molecule has 5 atom stereocenters. The first-order valence-electron chi connectivity index (χ1n) is 12.7. The number of hydrogen-bond donors (Lipinski definition) is 1. The zero-order chi connectivity index (χ0) is 23.4. The van der Waals surface area contributed by atoms with Crippen molar-refractivity contribution in [1.29, 1.82) is 0 Å². The molecule has 1 saturated heterocycles. The number of sulfonamides is 1. The second-order valence-corrected chi connectivity index (χ2v) is 12.9. The number of piperidine rings is 1. The van der Waals surface area contributed by atoms with Gasteiger partial charge in [0.05, 0.1) is 4.90 Å². The van der Waals surface area contributed by atoms with Gasteiger partial charge in [-0.25, -0.2) is 13.2 Å². The zero-order valence-corrected chi connectivity index (χ0v) is 20.1. The molecule has 0 radical (unpaired) electrons. The summed E-state index contributed by atoms with van der Waals surface area (Å²) in [6.45, 7) is 0.672. The summed E-state index contributed by atoms with van der Waals surface area (Å²) < 4.78 is 33.0. The van der Waals surface area contributed by atoms with E-state index in [0.29, 0.717) is 48.9 Å². The molecule has 5 unspecified atom stereocenters. The lowest BCUT2D eigenvalue weighted by molar-refractivity contribution is -0.127. The van der Waals surface area contributed by atoms with Gasteiger partial charge in [-0.15, -0.1) is 0 Å². The molecule has 1 amide bonds. The number of carbonyl (C=O) groups excluding carboxylic acids is 1. The molecule has 7 nitrogen and oxygen atoms in total.